The molecule has 1 N–H and O–H groups in total. The van der Waals surface area contributed by atoms with E-state index in [2.05, 4.69) is 5.10 Å². The van der Waals surface area contributed by atoms with Crippen LogP contribution in [0.15, 0.2) is 12.4 Å². The van der Waals surface area contributed by atoms with E-state index in [1.165, 1.54) is 0 Å². The predicted molar refractivity (Wildman–Crippen MR) is 51.8 cm³/mol. The first kappa shape index (κ1) is 10.7. The van der Waals surface area contributed by atoms with E-state index in [9.17, 15) is 4.79 Å². The summed E-state index contributed by atoms with van der Waals surface area (Å²) in [6, 6.07) is 0. The van der Waals surface area contributed by atoms with Crippen LogP contribution in [0.2, 0.25) is 0 Å². The first-order valence-corrected chi connectivity index (χ1v) is 4.46. The number of carbonyl (C=O) groups is 1. The molecule has 0 aliphatic carbocycles. The third-order valence-electron chi connectivity index (χ3n) is 1.92. The van der Waals surface area contributed by atoms with Gasteiger partial charge in [-0.15, -0.1) is 0 Å². The quantitative estimate of drug-likeness (QED) is 0.738. The first-order valence-electron chi connectivity index (χ1n) is 4.46. The minimum atomic E-state index is -0.761. The Morgan fingerprint density at radius 1 is 1.71 bits per heavy atom. The number of hydrogen-bond donors (Lipinski definition) is 1. The molecule has 0 unspecified atom stereocenters. The Bertz CT molecular complexity index is 309. The number of rotatable bonds is 5. The summed E-state index contributed by atoms with van der Waals surface area (Å²) in [6.07, 6.45) is 3.89. The van der Waals surface area contributed by atoms with Gasteiger partial charge in [-0.25, -0.2) is 0 Å². The van der Waals surface area contributed by atoms with Gasteiger partial charge in [0.1, 0.15) is 0 Å². The molecule has 1 aromatic heterocycles. The van der Waals surface area contributed by atoms with Gasteiger partial charge in [-0.3, -0.25) is 9.48 Å². The van der Waals surface area contributed by atoms with E-state index in [1.54, 1.807) is 10.9 Å². The maximum Gasteiger partial charge on any atom is 0.304 e. The average molecular weight is 197 g/mol. The van der Waals surface area contributed by atoms with E-state index >= 15 is 0 Å². The Balaban J connectivity index is 2.33. The Kier molecular flexibility index (Phi) is 3.64. The molecular formula is C9H15N3O2. The number of carboxylic acids is 1. The van der Waals surface area contributed by atoms with Crippen LogP contribution >= 0.6 is 0 Å². The number of carboxylic acid groups (broad SMARTS) is 1. The van der Waals surface area contributed by atoms with Gasteiger partial charge in [0, 0.05) is 31.9 Å². The number of aryl methyl sites for hydroxylation is 1. The van der Waals surface area contributed by atoms with Crippen molar-refractivity contribution in [1.82, 2.24) is 14.7 Å². The van der Waals surface area contributed by atoms with Gasteiger partial charge < -0.3 is 10.0 Å². The SMILES string of the molecule is CN(CCC(=O)O)Cc1cnn(C)c1. The molecule has 0 aromatic carbocycles. The largest absolute Gasteiger partial charge is 0.481 e. The van der Waals surface area contributed by atoms with Crippen LogP contribution < -0.4 is 0 Å². The highest BCUT2D eigenvalue weighted by Crippen LogP contribution is 2.01. The second-order valence-electron chi connectivity index (χ2n) is 3.40. The summed E-state index contributed by atoms with van der Waals surface area (Å²) in [5.41, 5.74) is 1.10. The topological polar surface area (TPSA) is 58.4 Å². The summed E-state index contributed by atoms with van der Waals surface area (Å²) in [5.74, 6) is -0.761. The van der Waals surface area contributed by atoms with Gasteiger partial charge in [-0.1, -0.05) is 0 Å². The van der Waals surface area contributed by atoms with E-state index < -0.39 is 5.97 Å². The van der Waals surface area contributed by atoms with Crippen LogP contribution in [0.25, 0.3) is 0 Å². The Labute approximate surface area is 82.9 Å². The highest BCUT2D eigenvalue weighted by atomic mass is 16.4. The molecule has 5 nitrogen and oxygen atoms in total. The van der Waals surface area contributed by atoms with Crippen molar-refractivity contribution < 1.29 is 9.90 Å². The molecule has 0 amide bonds. The molecule has 1 heterocycles. The molecule has 0 aliphatic rings. The van der Waals surface area contributed by atoms with Crippen molar-refractivity contribution >= 4 is 5.97 Å². The van der Waals surface area contributed by atoms with Gasteiger partial charge in [-0.05, 0) is 7.05 Å². The van der Waals surface area contributed by atoms with Crippen molar-refractivity contribution in [3.05, 3.63) is 18.0 Å². The lowest BCUT2D eigenvalue weighted by Crippen LogP contribution is -2.21. The van der Waals surface area contributed by atoms with Crippen LogP contribution in [0.5, 0.6) is 0 Å². The third kappa shape index (κ3) is 3.57. The molecule has 1 aromatic rings. The Hall–Kier alpha value is -1.36. The fraction of sp³-hybridized carbons (Fsp3) is 0.556. The lowest BCUT2D eigenvalue weighted by Gasteiger charge is -2.13. The molecule has 1 rings (SSSR count). The highest BCUT2D eigenvalue weighted by molar-refractivity contribution is 5.66. The predicted octanol–water partition coefficient (Wildman–Crippen LogP) is 0.327. The van der Waals surface area contributed by atoms with E-state index in [0.29, 0.717) is 6.54 Å². The molecular weight excluding hydrogens is 182 g/mol. The molecule has 0 bridgehead atoms. The number of nitrogens with zero attached hydrogens (tertiary/aromatic N) is 3. The average Bonchev–Trinajstić information content (AvgIpc) is 2.48. The number of aromatic nitrogens is 2. The standard InChI is InChI=1S/C9H15N3O2/c1-11(4-3-9(13)14)6-8-5-10-12(2)7-8/h5,7H,3-4,6H2,1-2H3,(H,13,14). The van der Waals surface area contributed by atoms with E-state index in [0.717, 1.165) is 12.1 Å². The van der Waals surface area contributed by atoms with Gasteiger partial charge >= 0.3 is 5.97 Å². The van der Waals surface area contributed by atoms with Crippen LogP contribution in [0.1, 0.15) is 12.0 Å². The normalized spacial score (nSPS) is 10.8. The van der Waals surface area contributed by atoms with Gasteiger partial charge in [0.2, 0.25) is 0 Å². The fourth-order valence-electron chi connectivity index (χ4n) is 1.23. The maximum atomic E-state index is 10.3. The molecule has 0 saturated carbocycles. The van der Waals surface area contributed by atoms with Crippen molar-refractivity contribution in [2.45, 2.75) is 13.0 Å². The lowest BCUT2D eigenvalue weighted by atomic mass is 10.3. The van der Waals surface area contributed by atoms with Crippen molar-refractivity contribution in [3.63, 3.8) is 0 Å². The van der Waals surface area contributed by atoms with Gasteiger partial charge in [0.05, 0.1) is 12.6 Å². The summed E-state index contributed by atoms with van der Waals surface area (Å²) in [4.78, 5) is 12.3. The van der Waals surface area contributed by atoms with Crippen molar-refractivity contribution in [3.8, 4) is 0 Å². The monoisotopic (exact) mass is 197 g/mol. The summed E-state index contributed by atoms with van der Waals surface area (Å²) in [6.45, 7) is 1.30. The Morgan fingerprint density at radius 3 is 2.93 bits per heavy atom. The summed E-state index contributed by atoms with van der Waals surface area (Å²) in [5, 5.41) is 12.5. The van der Waals surface area contributed by atoms with Gasteiger partial charge in [-0.2, -0.15) is 5.10 Å². The first-order chi connectivity index (χ1) is 6.58. The van der Waals surface area contributed by atoms with Crippen LogP contribution in [-0.2, 0) is 18.4 Å². The highest BCUT2D eigenvalue weighted by Gasteiger charge is 2.04. The maximum absolute atomic E-state index is 10.3. The third-order valence-corrected chi connectivity index (χ3v) is 1.92. The molecule has 5 heteroatoms. The molecule has 0 radical (unpaired) electrons. The molecule has 0 fully saturated rings. The van der Waals surface area contributed by atoms with E-state index in [1.807, 2.05) is 25.2 Å². The zero-order valence-electron chi connectivity index (χ0n) is 8.47. The molecule has 0 aliphatic heterocycles. The van der Waals surface area contributed by atoms with Crippen LogP contribution in [0.4, 0.5) is 0 Å². The minimum absolute atomic E-state index is 0.177. The molecule has 14 heavy (non-hydrogen) atoms. The lowest BCUT2D eigenvalue weighted by molar-refractivity contribution is -0.137. The number of aliphatic carboxylic acids is 1. The van der Waals surface area contributed by atoms with Crippen LogP contribution in [0.3, 0.4) is 0 Å². The van der Waals surface area contributed by atoms with Crippen molar-refractivity contribution in [1.29, 1.82) is 0 Å². The molecule has 78 valence electrons. The minimum Gasteiger partial charge on any atom is -0.481 e. The summed E-state index contributed by atoms with van der Waals surface area (Å²) < 4.78 is 1.74. The van der Waals surface area contributed by atoms with Crippen LogP contribution in [0, 0.1) is 0 Å². The van der Waals surface area contributed by atoms with E-state index in [4.69, 9.17) is 5.11 Å². The Morgan fingerprint density at radius 2 is 2.43 bits per heavy atom. The zero-order valence-corrected chi connectivity index (χ0v) is 8.47. The van der Waals surface area contributed by atoms with Gasteiger partial charge in [0.15, 0.2) is 0 Å². The number of hydrogen-bond acceptors (Lipinski definition) is 3. The van der Waals surface area contributed by atoms with Crippen molar-refractivity contribution in [2.24, 2.45) is 7.05 Å². The fourth-order valence-corrected chi connectivity index (χ4v) is 1.23. The zero-order chi connectivity index (χ0) is 10.6. The molecule has 0 spiro atoms. The second kappa shape index (κ2) is 4.76. The van der Waals surface area contributed by atoms with E-state index in [-0.39, 0.29) is 6.42 Å². The second-order valence-corrected chi connectivity index (χ2v) is 3.40. The molecule has 0 atom stereocenters. The smallest absolute Gasteiger partial charge is 0.304 e. The molecule has 0 saturated heterocycles. The summed E-state index contributed by atoms with van der Waals surface area (Å²) in [7, 11) is 3.76. The van der Waals surface area contributed by atoms with Gasteiger partial charge in [0.25, 0.3) is 0 Å². The van der Waals surface area contributed by atoms with Crippen molar-refractivity contribution in [2.75, 3.05) is 13.6 Å². The van der Waals surface area contributed by atoms with Crippen LogP contribution in [-0.4, -0.2) is 39.3 Å². The summed E-state index contributed by atoms with van der Waals surface area (Å²) >= 11 is 0.